The van der Waals surface area contributed by atoms with Crippen LogP contribution < -0.4 is 10.6 Å². The Balaban J connectivity index is 2.40. The molecule has 0 fully saturated rings. The minimum absolute atomic E-state index is 0.0909. The minimum Gasteiger partial charge on any atom is -0.394 e. The topological polar surface area (TPSA) is 78.4 Å². The molecule has 1 heterocycles. The van der Waals surface area contributed by atoms with E-state index in [1.807, 2.05) is 6.92 Å². The van der Waals surface area contributed by atoms with E-state index < -0.39 is 5.54 Å². The quantitative estimate of drug-likeness (QED) is 0.714. The molecular formula is C12H18N2O3S. The predicted molar refractivity (Wildman–Crippen MR) is 70.6 cm³/mol. The summed E-state index contributed by atoms with van der Waals surface area (Å²) in [6, 6.07) is 3.47. The van der Waals surface area contributed by atoms with Crippen molar-refractivity contribution in [1.82, 2.24) is 10.6 Å². The fraction of sp³-hybridized carbons (Fsp3) is 0.500. The molecule has 1 atom stereocenters. The number of aliphatic hydroxyl groups excluding tert-OH is 1. The molecule has 0 bridgehead atoms. The van der Waals surface area contributed by atoms with Crippen LogP contribution in [0.3, 0.4) is 0 Å². The maximum absolute atomic E-state index is 11.6. The van der Waals surface area contributed by atoms with Gasteiger partial charge in [-0.3, -0.25) is 9.59 Å². The van der Waals surface area contributed by atoms with Crippen molar-refractivity contribution >= 4 is 23.2 Å². The van der Waals surface area contributed by atoms with Gasteiger partial charge < -0.3 is 15.7 Å². The molecule has 2 amide bonds. The lowest BCUT2D eigenvalue weighted by Crippen LogP contribution is -2.51. The van der Waals surface area contributed by atoms with E-state index in [-0.39, 0.29) is 25.0 Å². The largest absolute Gasteiger partial charge is 0.394 e. The Labute approximate surface area is 110 Å². The number of rotatable bonds is 6. The number of carbonyl (C=O) groups excluding carboxylic acids is 2. The Hall–Kier alpha value is -1.40. The van der Waals surface area contributed by atoms with E-state index in [1.54, 1.807) is 24.4 Å². The molecule has 1 rings (SSSR count). The lowest BCUT2D eigenvalue weighted by atomic mass is 10.0. The summed E-state index contributed by atoms with van der Waals surface area (Å²) in [5.74, 6) is -0.569. The van der Waals surface area contributed by atoms with Crippen LogP contribution in [0.15, 0.2) is 17.5 Å². The molecule has 18 heavy (non-hydrogen) atoms. The zero-order valence-corrected chi connectivity index (χ0v) is 11.3. The first-order valence-electron chi connectivity index (χ1n) is 5.74. The fourth-order valence-corrected chi connectivity index (χ4v) is 1.92. The van der Waals surface area contributed by atoms with E-state index in [2.05, 4.69) is 10.6 Å². The average Bonchev–Trinajstić information content (AvgIpc) is 2.89. The van der Waals surface area contributed by atoms with E-state index in [9.17, 15) is 9.59 Å². The SMILES string of the molecule is CCC(C)(CO)NC(=O)CNC(=O)c1cccs1. The van der Waals surface area contributed by atoms with Gasteiger partial charge in [0.2, 0.25) is 5.91 Å². The van der Waals surface area contributed by atoms with Gasteiger partial charge in [0.15, 0.2) is 0 Å². The Morgan fingerprint density at radius 1 is 1.50 bits per heavy atom. The van der Waals surface area contributed by atoms with E-state index in [0.717, 1.165) is 0 Å². The highest BCUT2D eigenvalue weighted by atomic mass is 32.1. The number of hydrogen-bond acceptors (Lipinski definition) is 4. The van der Waals surface area contributed by atoms with Gasteiger partial charge in [0.05, 0.1) is 23.6 Å². The first kappa shape index (κ1) is 14.7. The molecule has 0 spiro atoms. The summed E-state index contributed by atoms with van der Waals surface area (Å²) >= 11 is 1.32. The van der Waals surface area contributed by atoms with E-state index in [0.29, 0.717) is 11.3 Å². The Kier molecular flexibility index (Phi) is 5.30. The first-order chi connectivity index (χ1) is 8.50. The number of nitrogens with one attached hydrogen (secondary N) is 2. The Morgan fingerprint density at radius 3 is 2.72 bits per heavy atom. The molecule has 100 valence electrons. The average molecular weight is 270 g/mol. The van der Waals surface area contributed by atoms with Gasteiger partial charge in [-0.2, -0.15) is 0 Å². The highest BCUT2D eigenvalue weighted by Gasteiger charge is 2.23. The molecule has 0 aromatic carbocycles. The second kappa shape index (κ2) is 6.51. The summed E-state index contributed by atoms with van der Waals surface area (Å²) in [5.41, 5.74) is -0.634. The van der Waals surface area contributed by atoms with Gasteiger partial charge >= 0.3 is 0 Å². The van der Waals surface area contributed by atoms with Gasteiger partial charge in [-0.1, -0.05) is 13.0 Å². The van der Waals surface area contributed by atoms with Gasteiger partial charge in [-0.05, 0) is 24.8 Å². The normalized spacial score (nSPS) is 13.7. The number of carbonyl (C=O) groups is 2. The van der Waals surface area contributed by atoms with Crippen LogP contribution in [0.5, 0.6) is 0 Å². The van der Waals surface area contributed by atoms with Crippen LogP contribution in [0.4, 0.5) is 0 Å². The molecule has 6 heteroatoms. The van der Waals surface area contributed by atoms with Crippen molar-refractivity contribution in [2.75, 3.05) is 13.2 Å². The van der Waals surface area contributed by atoms with Gasteiger partial charge in [-0.25, -0.2) is 0 Å². The van der Waals surface area contributed by atoms with Crippen LogP contribution in [0.1, 0.15) is 29.9 Å². The van der Waals surface area contributed by atoms with E-state index >= 15 is 0 Å². The van der Waals surface area contributed by atoms with Crippen molar-refractivity contribution in [2.45, 2.75) is 25.8 Å². The molecule has 0 aliphatic heterocycles. The molecule has 1 aromatic rings. The second-order valence-electron chi connectivity index (χ2n) is 4.28. The molecule has 0 radical (unpaired) electrons. The molecule has 3 N–H and O–H groups in total. The molecule has 1 aromatic heterocycles. The third-order valence-electron chi connectivity index (χ3n) is 2.72. The lowest BCUT2D eigenvalue weighted by molar-refractivity contribution is -0.122. The molecule has 0 saturated carbocycles. The summed E-state index contributed by atoms with van der Waals surface area (Å²) in [6.07, 6.45) is 0.619. The number of aliphatic hydroxyl groups is 1. The second-order valence-corrected chi connectivity index (χ2v) is 5.23. The maximum Gasteiger partial charge on any atom is 0.261 e. The first-order valence-corrected chi connectivity index (χ1v) is 6.62. The third-order valence-corrected chi connectivity index (χ3v) is 3.59. The summed E-state index contributed by atoms with van der Waals surface area (Å²) in [4.78, 5) is 23.8. The maximum atomic E-state index is 11.6. The van der Waals surface area contributed by atoms with Crippen molar-refractivity contribution in [2.24, 2.45) is 0 Å². The van der Waals surface area contributed by atoms with Crippen molar-refractivity contribution < 1.29 is 14.7 Å². The standard InChI is InChI=1S/C12H18N2O3S/c1-3-12(2,8-15)14-10(16)7-13-11(17)9-5-4-6-18-9/h4-6,15H,3,7-8H2,1-2H3,(H,13,17)(H,14,16). The minimum atomic E-state index is -0.634. The third kappa shape index (κ3) is 4.12. The van der Waals surface area contributed by atoms with Crippen molar-refractivity contribution in [3.05, 3.63) is 22.4 Å². The van der Waals surface area contributed by atoms with Gasteiger partial charge in [0.25, 0.3) is 5.91 Å². The number of thiophene rings is 1. The van der Waals surface area contributed by atoms with Gasteiger partial charge in [0.1, 0.15) is 0 Å². The van der Waals surface area contributed by atoms with Crippen LogP contribution in [-0.2, 0) is 4.79 Å². The van der Waals surface area contributed by atoms with Crippen LogP contribution in [0.25, 0.3) is 0 Å². The zero-order valence-electron chi connectivity index (χ0n) is 10.5. The molecule has 0 aliphatic rings. The van der Waals surface area contributed by atoms with E-state index in [4.69, 9.17) is 5.11 Å². The smallest absolute Gasteiger partial charge is 0.261 e. The van der Waals surface area contributed by atoms with Gasteiger partial charge in [-0.15, -0.1) is 11.3 Å². The van der Waals surface area contributed by atoms with Crippen LogP contribution in [0.2, 0.25) is 0 Å². The highest BCUT2D eigenvalue weighted by Crippen LogP contribution is 2.08. The van der Waals surface area contributed by atoms with Crippen LogP contribution in [-0.4, -0.2) is 35.6 Å². The summed E-state index contributed by atoms with van der Waals surface area (Å²) in [7, 11) is 0. The Bertz CT molecular complexity index is 399. The molecule has 0 aliphatic carbocycles. The number of hydrogen-bond donors (Lipinski definition) is 3. The van der Waals surface area contributed by atoms with Crippen LogP contribution >= 0.6 is 11.3 Å². The zero-order chi connectivity index (χ0) is 13.6. The van der Waals surface area contributed by atoms with E-state index in [1.165, 1.54) is 11.3 Å². The molecule has 0 saturated heterocycles. The fourth-order valence-electron chi connectivity index (χ4n) is 1.28. The Morgan fingerprint density at radius 2 is 2.22 bits per heavy atom. The molecular weight excluding hydrogens is 252 g/mol. The molecule has 1 unspecified atom stereocenters. The van der Waals surface area contributed by atoms with Crippen molar-refractivity contribution in [1.29, 1.82) is 0 Å². The lowest BCUT2D eigenvalue weighted by Gasteiger charge is -2.27. The highest BCUT2D eigenvalue weighted by molar-refractivity contribution is 7.12. The molecule has 5 nitrogen and oxygen atoms in total. The van der Waals surface area contributed by atoms with Crippen molar-refractivity contribution in [3.63, 3.8) is 0 Å². The predicted octanol–water partition coefficient (Wildman–Crippen LogP) is 0.755. The summed E-state index contributed by atoms with van der Waals surface area (Å²) in [6.45, 7) is 3.41. The summed E-state index contributed by atoms with van der Waals surface area (Å²) in [5, 5.41) is 16.2. The number of amides is 2. The van der Waals surface area contributed by atoms with Crippen molar-refractivity contribution in [3.8, 4) is 0 Å². The monoisotopic (exact) mass is 270 g/mol. The summed E-state index contributed by atoms with van der Waals surface area (Å²) < 4.78 is 0. The van der Waals surface area contributed by atoms with Gasteiger partial charge in [0, 0.05) is 0 Å². The van der Waals surface area contributed by atoms with Crippen LogP contribution in [0, 0.1) is 0 Å².